The molecule has 5 heteroatoms. The molecule has 0 saturated carbocycles. The second kappa shape index (κ2) is 6.57. The Morgan fingerprint density at radius 1 is 1.47 bits per heavy atom. The summed E-state index contributed by atoms with van der Waals surface area (Å²) in [4.78, 5) is 14.4. The lowest BCUT2D eigenvalue weighted by molar-refractivity contribution is 0.0910. The van der Waals surface area contributed by atoms with Gasteiger partial charge in [0.05, 0.1) is 0 Å². The monoisotopic (exact) mass is 329 g/mol. The third kappa shape index (κ3) is 4.35. The molecule has 1 aromatic heterocycles. The molecule has 19 heavy (non-hydrogen) atoms. The Hall–Kier alpha value is -0.810. The number of hydrogen-bond donors (Lipinski definition) is 1. The molecule has 1 rings (SSSR count). The average molecular weight is 330 g/mol. The van der Waals surface area contributed by atoms with Crippen LogP contribution in [0, 0.1) is 0 Å². The van der Waals surface area contributed by atoms with Gasteiger partial charge in [-0.3, -0.25) is 4.79 Å². The van der Waals surface area contributed by atoms with Gasteiger partial charge in [-0.15, -0.1) is 0 Å². The molecule has 0 aliphatic heterocycles. The first kappa shape index (κ1) is 16.2. The minimum Gasteiger partial charge on any atom is -0.349 e. The van der Waals surface area contributed by atoms with Gasteiger partial charge in [0.25, 0.3) is 5.91 Å². The van der Waals surface area contributed by atoms with E-state index in [0.29, 0.717) is 12.2 Å². The summed E-state index contributed by atoms with van der Waals surface area (Å²) in [5.74, 6) is -0.0194. The maximum atomic E-state index is 12.3. The molecule has 0 spiro atoms. The third-order valence-corrected chi connectivity index (χ3v) is 3.89. The Kier molecular flexibility index (Phi) is 5.62. The number of nitrogens with one attached hydrogen (secondary N) is 1. The number of nitrogens with zero attached hydrogens (tertiary/aromatic N) is 2. The van der Waals surface area contributed by atoms with E-state index in [-0.39, 0.29) is 11.4 Å². The first-order valence-electron chi connectivity index (χ1n) is 6.59. The number of rotatable bonds is 6. The lowest BCUT2D eigenvalue weighted by Gasteiger charge is -2.32. The molecule has 0 radical (unpaired) electrons. The van der Waals surface area contributed by atoms with Gasteiger partial charge in [-0.05, 0) is 56.4 Å². The van der Waals surface area contributed by atoms with Crippen LogP contribution in [-0.4, -0.2) is 41.6 Å². The summed E-state index contributed by atoms with van der Waals surface area (Å²) >= 11 is 3.43. The van der Waals surface area contributed by atoms with Gasteiger partial charge in [0.2, 0.25) is 0 Å². The smallest absolute Gasteiger partial charge is 0.268 e. The molecule has 0 atom stereocenters. The molecule has 0 unspecified atom stereocenters. The van der Waals surface area contributed by atoms with Gasteiger partial charge in [0.1, 0.15) is 5.69 Å². The van der Waals surface area contributed by atoms with E-state index in [9.17, 15) is 4.79 Å². The number of likely N-dealkylation sites (N-methyl/N-ethyl adjacent to an activating group) is 1. The summed E-state index contributed by atoms with van der Waals surface area (Å²) in [5, 5.41) is 3.01. The predicted octanol–water partition coefficient (Wildman–Crippen LogP) is 2.73. The highest BCUT2D eigenvalue weighted by molar-refractivity contribution is 9.10. The van der Waals surface area contributed by atoms with E-state index in [1.165, 1.54) is 0 Å². The van der Waals surface area contributed by atoms with Gasteiger partial charge in [-0.1, -0.05) is 6.92 Å². The maximum absolute atomic E-state index is 12.3. The van der Waals surface area contributed by atoms with Crippen molar-refractivity contribution in [3.63, 3.8) is 0 Å². The van der Waals surface area contributed by atoms with E-state index >= 15 is 0 Å². The van der Waals surface area contributed by atoms with Crippen LogP contribution in [0.2, 0.25) is 0 Å². The van der Waals surface area contributed by atoms with Crippen molar-refractivity contribution in [1.29, 1.82) is 0 Å². The Bertz CT molecular complexity index is 438. The van der Waals surface area contributed by atoms with Crippen LogP contribution >= 0.6 is 15.9 Å². The first-order chi connectivity index (χ1) is 8.77. The van der Waals surface area contributed by atoms with E-state index in [1.807, 2.05) is 30.9 Å². The van der Waals surface area contributed by atoms with Crippen molar-refractivity contribution in [2.45, 2.75) is 39.3 Å². The summed E-state index contributed by atoms with van der Waals surface area (Å²) in [6, 6.07) is 1.87. The molecule has 4 nitrogen and oxygen atoms in total. The molecule has 0 bridgehead atoms. The number of carbonyl (C=O) groups is 1. The lowest BCUT2D eigenvalue weighted by Crippen LogP contribution is -2.48. The van der Waals surface area contributed by atoms with E-state index < -0.39 is 0 Å². The number of aryl methyl sites for hydroxylation is 1. The normalized spacial score (nSPS) is 11.9. The second-order valence-electron chi connectivity index (χ2n) is 5.63. The van der Waals surface area contributed by atoms with E-state index in [2.05, 4.69) is 46.9 Å². The molecule has 1 amide bonds. The van der Waals surface area contributed by atoms with Crippen molar-refractivity contribution in [1.82, 2.24) is 14.8 Å². The molecule has 0 aliphatic rings. The molecule has 0 aliphatic carbocycles. The van der Waals surface area contributed by atoms with Crippen molar-refractivity contribution < 1.29 is 4.79 Å². The largest absolute Gasteiger partial charge is 0.349 e. The zero-order valence-corrected chi connectivity index (χ0v) is 14.0. The standard InChI is InChI=1S/C14H24BrN3O/c1-6-7-18-9-11(15)8-12(18)13(19)16-10-14(2,3)17(4)5/h8-9H,6-7,10H2,1-5H3,(H,16,19). The van der Waals surface area contributed by atoms with Crippen LogP contribution in [0.25, 0.3) is 0 Å². The van der Waals surface area contributed by atoms with Gasteiger partial charge in [0.15, 0.2) is 0 Å². The molecule has 1 heterocycles. The SMILES string of the molecule is CCCn1cc(Br)cc1C(=O)NCC(C)(C)N(C)C. The van der Waals surface area contributed by atoms with Crippen molar-refractivity contribution >= 4 is 21.8 Å². The van der Waals surface area contributed by atoms with Gasteiger partial charge >= 0.3 is 0 Å². The number of carbonyl (C=O) groups excluding carboxylic acids is 1. The van der Waals surface area contributed by atoms with Crippen LogP contribution in [-0.2, 0) is 6.54 Å². The van der Waals surface area contributed by atoms with Crippen LogP contribution in [0.1, 0.15) is 37.7 Å². The molecule has 108 valence electrons. The summed E-state index contributed by atoms with van der Waals surface area (Å²) in [7, 11) is 4.03. The Morgan fingerprint density at radius 3 is 2.63 bits per heavy atom. The number of halogens is 1. The highest BCUT2D eigenvalue weighted by Gasteiger charge is 2.22. The van der Waals surface area contributed by atoms with Crippen LogP contribution in [0.15, 0.2) is 16.7 Å². The van der Waals surface area contributed by atoms with Crippen molar-refractivity contribution in [3.8, 4) is 0 Å². The minimum atomic E-state index is -0.0604. The number of amides is 1. The van der Waals surface area contributed by atoms with Gasteiger partial charge in [-0.2, -0.15) is 0 Å². The van der Waals surface area contributed by atoms with Crippen molar-refractivity contribution in [2.24, 2.45) is 0 Å². The van der Waals surface area contributed by atoms with Crippen LogP contribution in [0.3, 0.4) is 0 Å². The van der Waals surface area contributed by atoms with Gasteiger partial charge < -0.3 is 14.8 Å². The van der Waals surface area contributed by atoms with E-state index in [1.54, 1.807) is 0 Å². The molecular weight excluding hydrogens is 306 g/mol. The first-order valence-corrected chi connectivity index (χ1v) is 7.38. The van der Waals surface area contributed by atoms with Crippen LogP contribution < -0.4 is 5.32 Å². The minimum absolute atomic E-state index is 0.0194. The zero-order chi connectivity index (χ0) is 14.6. The Balaban J connectivity index is 2.73. The second-order valence-corrected chi connectivity index (χ2v) is 6.54. The Labute approximate surface area is 124 Å². The topological polar surface area (TPSA) is 37.3 Å². The molecule has 0 fully saturated rings. The third-order valence-electron chi connectivity index (χ3n) is 3.45. The number of aromatic nitrogens is 1. The van der Waals surface area contributed by atoms with Gasteiger partial charge in [0, 0.05) is 29.3 Å². The summed E-state index contributed by atoms with van der Waals surface area (Å²) in [6.07, 6.45) is 2.96. The van der Waals surface area contributed by atoms with Crippen LogP contribution in [0.4, 0.5) is 0 Å². The molecule has 0 saturated heterocycles. The van der Waals surface area contributed by atoms with E-state index in [0.717, 1.165) is 17.4 Å². The highest BCUT2D eigenvalue weighted by Crippen LogP contribution is 2.16. The lowest BCUT2D eigenvalue weighted by atomic mass is 10.0. The zero-order valence-electron chi connectivity index (χ0n) is 12.5. The fourth-order valence-electron chi connectivity index (χ4n) is 1.64. The average Bonchev–Trinajstić information content (AvgIpc) is 2.68. The number of hydrogen-bond acceptors (Lipinski definition) is 2. The molecule has 1 aromatic rings. The van der Waals surface area contributed by atoms with Crippen molar-refractivity contribution in [3.05, 3.63) is 22.4 Å². The van der Waals surface area contributed by atoms with Gasteiger partial charge in [-0.25, -0.2) is 0 Å². The predicted molar refractivity (Wildman–Crippen MR) is 82.5 cm³/mol. The summed E-state index contributed by atoms with van der Waals surface area (Å²) in [5.41, 5.74) is 0.651. The molecular formula is C14H24BrN3O. The van der Waals surface area contributed by atoms with Crippen LogP contribution in [0.5, 0.6) is 0 Å². The fourth-order valence-corrected chi connectivity index (χ4v) is 2.10. The fraction of sp³-hybridized carbons (Fsp3) is 0.643. The quantitative estimate of drug-likeness (QED) is 0.871. The maximum Gasteiger partial charge on any atom is 0.268 e. The summed E-state index contributed by atoms with van der Waals surface area (Å²) < 4.78 is 2.93. The van der Waals surface area contributed by atoms with E-state index in [4.69, 9.17) is 0 Å². The summed E-state index contributed by atoms with van der Waals surface area (Å²) in [6.45, 7) is 7.78. The molecule has 0 aromatic carbocycles. The van der Waals surface area contributed by atoms with Crippen molar-refractivity contribution in [2.75, 3.05) is 20.6 Å². The molecule has 1 N–H and O–H groups in total. The Morgan fingerprint density at radius 2 is 2.11 bits per heavy atom. The highest BCUT2D eigenvalue weighted by atomic mass is 79.9.